The monoisotopic (exact) mass is 308 g/mol. The van der Waals surface area contributed by atoms with Crippen LogP contribution < -0.4 is 5.32 Å². The second-order valence-electron chi connectivity index (χ2n) is 5.24. The summed E-state index contributed by atoms with van der Waals surface area (Å²) in [6, 6.07) is 8.25. The molecule has 1 saturated heterocycles. The molecule has 0 bridgehead atoms. The highest BCUT2D eigenvalue weighted by atomic mass is 79.9. The molecule has 2 rings (SSSR count). The number of hydrogen-bond acceptors (Lipinski definition) is 3. The van der Waals surface area contributed by atoms with E-state index < -0.39 is 0 Å². The van der Waals surface area contributed by atoms with Crippen molar-refractivity contribution >= 4 is 21.6 Å². The van der Waals surface area contributed by atoms with Gasteiger partial charge in [0.25, 0.3) is 0 Å². The minimum atomic E-state index is -0.0886. The molecule has 0 amide bonds. The quantitative estimate of drug-likeness (QED) is 0.906. The van der Waals surface area contributed by atoms with Gasteiger partial charge in [-0.3, -0.25) is 0 Å². The van der Waals surface area contributed by atoms with E-state index >= 15 is 0 Å². The first-order valence-electron chi connectivity index (χ1n) is 6.10. The molecule has 1 aliphatic heterocycles. The van der Waals surface area contributed by atoms with Gasteiger partial charge < -0.3 is 10.1 Å². The fourth-order valence-electron chi connectivity index (χ4n) is 2.31. The van der Waals surface area contributed by atoms with Crippen molar-refractivity contribution in [3.05, 3.63) is 28.2 Å². The van der Waals surface area contributed by atoms with Crippen molar-refractivity contribution in [3.8, 4) is 6.07 Å². The maximum Gasteiger partial charge on any atom is 0.101 e. The fourth-order valence-corrected chi connectivity index (χ4v) is 2.67. The van der Waals surface area contributed by atoms with Gasteiger partial charge in [0, 0.05) is 17.1 Å². The summed E-state index contributed by atoms with van der Waals surface area (Å²) in [6.07, 6.45) is 1.92. The predicted molar refractivity (Wildman–Crippen MR) is 75.5 cm³/mol. The van der Waals surface area contributed by atoms with E-state index in [2.05, 4.69) is 41.2 Å². The molecule has 0 radical (unpaired) electrons. The molecular formula is C14H17BrN2O. The van der Waals surface area contributed by atoms with Gasteiger partial charge in [0.2, 0.25) is 0 Å². The lowest BCUT2D eigenvalue weighted by molar-refractivity contribution is -0.0553. The Hall–Kier alpha value is -1.05. The number of benzene rings is 1. The van der Waals surface area contributed by atoms with Crippen molar-refractivity contribution in [3.63, 3.8) is 0 Å². The molecule has 1 aromatic carbocycles. The maximum atomic E-state index is 9.11. The second-order valence-corrected chi connectivity index (χ2v) is 6.16. The first kappa shape index (κ1) is 13.4. The number of nitrogens with one attached hydrogen (secondary N) is 1. The molecule has 3 nitrogen and oxygen atoms in total. The van der Waals surface area contributed by atoms with Gasteiger partial charge in [-0.2, -0.15) is 5.26 Å². The summed E-state index contributed by atoms with van der Waals surface area (Å²) in [7, 11) is 0. The number of ether oxygens (including phenoxy) is 1. The van der Waals surface area contributed by atoms with Gasteiger partial charge in [-0.05, 0) is 44.9 Å². The number of rotatable bonds is 2. The molecule has 1 N–H and O–H groups in total. The van der Waals surface area contributed by atoms with Crippen LogP contribution in [0, 0.1) is 11.3 Å². The average molecular weight is 309 g/mol. The minimum absolute atomic E-state index is 0.0886. The van der Waals surface area contributed by atoms with Crippen molar-refractivity contribution in [2.75, 3.05) is 11.9 Å². The minimum Gasteiger partial charge on any atom is -0.381 e. The lowest BCUT2D eigenvalue weighted by Gasteiger charge is -2.36. The maximum absolute atomic E-state index is 9.11. The summed E-state index contributed by atoms with van der Waals surface area (Å²) in [4.78, 5) is 0. The van der Waals surface area contributed by atoms with Crippen LogP contribution in [0.2, 0.25) is 0 Å². The molecule has 1 fully saturated rings. The normalized spacial score (nSPS) is 22.2. The molecule has 0 spiro atoms. The first-order valence-corrected chi connectivity index (χ1v) is 6.90. The molecule has 1 atom stereocenters. The largest absolute Gasteiger partial charge is 0.381 e. The third-order valence-electron chi connectivity index (χ3n) is 3.16. The number of nitrogens with zero attached hydrogens (tertiary/aromatic N) is 1. The predicted octanol–water partition coefficient (Wildman–Crippen LogP) is 3.69. The Morgan fingerprint density at radius 2 is 2.28 bits per heavy atom. The molecular weight excluding hydrogens is 292 g/mol. The van der Waals surface area contributed by atoms with Crippen molar-refractivity contribution in [1.82, 2.24) is 0 Å². The van der Waals surface area contributed by atoms with Crippen LogP contribution in [0.1, 0.15) is 32.3 Å². The third-order valence-corrected chi connectivity index (χ3v) is 3.65. The molecule has 96 valence electrons. The molecule has 1 heterocycles. The average Bonchev–Trinajstić information content (AvgIpc) is 2.28. The van der Waals surface area contributed by atoms with Gasteiger partial charge in [0.15, 0.2) is 0 Å². The molecule has 0 saturated carbocycles. The number of hydrogen-bond donors (Lipinski definition) is 1. The topological polar surface area (TPSA) is 45.0 Å². The van der Waals surface area contributed by atoms with E-state index in [9.17, 15) is 0 Å². The van der Waals surface area contributed by atoms with Crippen LogP contribution in [-0.4, -0.2) is 18.2 Å². The van der Waals surface area contributed by atoms with Crippen LogP contribution in [-0.2, 0) is 4.74 Å². The SMILES string of the molecule is CC1(C)CC(Nc2cc(Br)ccc2C#N)CCO1. The zero-order valence-corrected chi connectivity index (χ0v) is 12.3. The standard InChI is InChI=1S/C14H17BrN2O/c1-14(2)8-12(5-6-18-14)17-13-7-11(15)4-3-10(13)9-16/h3-4,7,12,17H,5-6,8H2,1-2H3. The molecule has 0 aliphatic carbocycles. The third kappa shape index (κ3) is 3.24. The Morgan fingerprint density at radius 3 is 2.94 bits per heavy atom. The Kier molecular flexibility index (Phi) is 3.94. The molecule has 1 aromatic rings. The van der Waals surface area contributed by atoms with E-state index in [-0.39, 0.29) is 5.60 Å². The first-order chi connectivity index (χ1) is 8.50. The van der Waals surface area contributed by atoms with Crippen LogP contribution in [0.3, 0.4) is 0 Å². The van der Waals surface area contributed by atoms with E-state index in [4.69, 9.17) is 10.00 Å². The highest BCUT2D eigenvalue weighted by Crippen LogP contribution is 2.28. The van der Waals surface area contributed by atoms with Gasteiger partial charge in [0.1, 0.15) is 6.07 Å². The Bertz CT molecular complexity index is 479. The molecule has 18 heavy (non-hydrogen) atoms. The van der Waals surface area contributed by atoms with E-state index in [1.54, 1.807) is 0 Å². The smallest absolute Gasteiger partial charge is 0.101 e. The number of halogens is 1. The van der Waals surface area contributed by atoms with Gasteiger partial charge in [-0.15, -0.1) is 0 Å². The summed E-state index contributed by atoms with van der Waals surface area (Å²) in [5.74, 6) is 0. The fraction of sp³-hybridized carbons (Fsp3) is 0.500. The zero-order valence-electron chi connectivity index (χ0n) is 10.7. The Labute approximate surface area is 116 Å². The van der Waals surface area contributed by atoms with Gasteiger partial charge >= 0.3 is 0 Å². The lowest BCUT2D eigenvalue weighted by atomic mass is 9.93. The molecule has 4 heteroatoms. The molecule has 1 unspecified atom stereocenters. The van der Waals surface area contributed by atoms with Crippen molar-refractivity contribution in [2.45, 2.75) is 38.3 Å². The molecule has 1 aliphatic rings. The Morgan fingerprint density at radius 1 is 1.50 bits per heavy atom. The lowest BCUT2D eigenvalue weighted by Crippen LogP contribution is -2.40. The van der Waals surface area contributed by atoms with Crippen molar-refractivity contribution in [2.24, 2.45) is 0 Å². The summed E-state index contributed by atoms with van der Waals surface area (Å²) in [5, 5.41) is 12.6. The van der Waals surface area contributed by atoms with Gasteiger partial charge in [-0.1, -0.05) is 15.9 Å². The van der Waals surface area contributed by atoms with Crippen molar-refractivity contribution in [1.29, 1.82) is 5.26 Å². The number of anilines is 1. The summed E-state index contributed by atoms with van der Waals surface area (Å²) in [5.41, 5.74) is 1.49. The summed E-state index contributed by atoms with van der Waals surface area (Å²) in [6.45, 7) is 4.97. The zero-order chi connectivity index (χ0) is 13.2. The van der Waals surface area contributed by atoms with Crippen LogP contribution in [0.4, 0.5) is 5.69 Å². The van der Waals surface area contributed by atoms with Crippen LogP contribution in [0.5, 0.6) is 0 Å². The number of nitriles is 1. The van der Waals surface area contributed by atoms with Crippen LogP contribution >= 0.6 is 15.9 Å². The highest BCUT2D eigenvalue weighted by Gasteiger charge is 2.29. The van der Waals surface area contributed by atoms with Gasteiger partial charge in [-0.25, -0.2) is 0 Å². The van der Waals surface area contributed by atoms with Crippen molar-refractivity contribution < 1.29 is 4.74 Å². The second kappa shape index (κ2) is 5.29. The van der Waals surface area contributed by atoms with Gasteiger partial charge in [0.05, 0.1) is 16.9 Å². The van der Waals surface area contributed by atoms with Crippen LogP contribution in [0.15, 0.2) is 22.7 Å². The van der Waals surface area contributed by atoms with E-state index in [1.807, 2.05) is 18.2 Å². The Balaban J connectivity index is 2.14. The van der Waals surface area contributed by atoms with E-state index in [1.165, 1.54) is 0 Å². The highest BCUT2D eigenvalue weighted by molar-refractivity contribution is 9.10. The van der Waals surface area contributed by atoms with E-state index in [0.29, 0.717) is 11.6 Å². The molecule has 0 aromatic heterocycles. The summed E-state index contributed by atoms with van der Waals surface area (Å²) < 4.78 is 6.68. The van der Waals surface area contributed by atoms with Crippen LogP contribution in [0.25, 0.3) is 0 Å². The van der Waals surface area contributed by atoms with E-state index in [0.717, 1.165) is 29.6 Å². The summed E-state index contributed by atoms with van der Waals surface area (Å²) >= 11 is 3.44.